The lowest BCUT2D eigenvalue weighted by molar-refractivity contribution is -0.165. The molecule has 4 aliphatic carbocycles. The summed E-state index contributed by atoms with van der Waals surface area (Å²) in [6, 6.07) is 0. The molecule has 0 bridgehead atoms. The van der Waals surface area contributed by atoms with Crippen molar-refractivity contribution in [2.75, 3.05) is 13.9 Å². The first kappa shape index (κ1) is 23.0. The van der Waals surface area contributed by atoms with Crippen LogP contribution in [0.25, 0.3) is 0 Å². The number of rotatable bonds is 7. The predicted molar refractivity (Wildman–Crippen MR) is 118 cm³/mol. The number of aliphatic carboxylic acids is 1. The molecular formula is C26H40O5. The molecule has 0 unspecified atom stereocenters. The summed E-state index contributed by atoms with van der Waals surface area (Å²) in [6.07, 6.45) is 10.3. The largest absolute Gasteiger partial charge is 0.481 e. The fraction of sp³-hybridized carbons (Fsp3) is 0.846. The normalized spacial score (nSPS) is 42.9. The lowest BCUT2D eigenvalue weighted by Gasteiger charge is -2.60. The molecule has 0 aromatic heterocycles. The van der Waals surface area contributed by atoms with Crippen LogP contribution in [0.2, 0.25) is 0 Å². The maximum Gasteiger partial charge on any atom is 0.303 e. The maximum atomic E-state index is 12.2. The van der Waals surface area contributed by atoms with Gasteiger partial charge in [0.05, 0.1) is 6.10 Å². The first-order chi connectivity index (χ1) is 14.7. The Bertz CT molecular complexity index is 744. The molecule has 174 valence electrons. The van der Waals surface area contributed by atoms with Gasteiger partial charge in [0, 0.05) is 20.0 Å². The molecule has 0 heterocycles. The Balaban J connectivity index is 1.63. The second-order valence-electron chi connectivity index (χ2n) is 11.3. The molecule has 31 heavy (non-hydrogen) atoms. The Morgan fingerprint density at radius 1 is 1.23 bits per heavy atom. The molecule has 4 aliphatic rings. The molecule has 5 heteroatoms. The highest BCUT2D eigenvalue weighted by Gasteiger charge is 2.62. The average molecular weight is 433 g/mol. The van der Waals surface area contributed by atoms with Crippen LogP contribution in [-0.2, 0) is 19.1 Å². The third-order valence-corrected chi connectivity index (χ3v) is 9.93. The Hall–Kier alpha value is -1.20. The Morgan fingerprint density at radius 3 is 2.71 bits per heavy atom. The monoisotopic (exact) mass is 432 g/mol. The smallest absolute Gasteiger partial charge is 0.303 e. The molecule has 0 saturated heterocycles. The van der Waals surface area contributed by atoms with E-state index in [2.05, 4.69) is 20.8 Å². The number of carbonyl (C=O) groups excluding carboxylic acids is 1. The number of carboxylic acids is 1. The highest BCUT2D eigenvalue weighted by atomic mass is 16.7. The molecule has 3 fully saturated rings. The maximum absolute atomic E-state index is 12.2. The number of carboxylic acid groups (broad SMARTS) is 1. The van der Waals surface area contributed by atoms with Crippen molar-refractivity contribution >= 4 is 11.8 Å². The number of hydrogen-bond donors (Lipinski definition) is 1. The fourth-order valence-electron chi connectivity index (χ4n) is 8.35. The van der Waals surface area contributed by atoms with E-state index in [1.807, 2.05) is 6.08 Å². The van der Waals surface area contributed by atoms with E-state index >= 15 is 0 Å². The van der Waals surface area contributed by atoms with E-state index in [4.69, 9.17) is 9.47 Å². The SMILES string of the molecule is COCO[C@@H]1CC2=CC(=O)CC[C@]2(C)[C@H]2CC[C@]3(C)[C@@H]([C@H](C)CCC(=O)O)CC[C@H]3[C@H]12. The average Bonchev–Trinajstić information content (AvgIpc) is 3.08. The zero-order chi connectivity index (χ0) is 22.4. The van der Waals surface area contributed by atoms with Crippen LogP contribution in [0.15, 0.2) is 11.6 Å². The molecule has 5 nitrogen and oxygen atoms in total. The van der Waals surface area contributed by atoms with Crippen LogP contribution < -0.4 is 0 Å². The lowest BCUT2D eigenvalue weighted by Crippen LogP contribution is -2.56. The summed E-state index contributed by atoms with van der Waals surface area (Å²) >= 11 is 0. The molecule has 8 atom stereocenters. The standard InChI is InChI=1S/C26H40O5/c1-16(5-8-23(28)29)19-6-7-20-24-21(10-12-26(19,20)3)25(2)11-9-18(27)13-17(25)14-22(24)31-15-30-4/h13,16,19-22,24H,5-12,14-15H2,1-4H3,(H,28,29)/t16-,19-,20+,21+,22-,24+,25+,26-/m1/s1. The molecule has 0 radical (unpaired) electrons. The van der Waals surface area contributed by atoms with Crippen molar-refractivity contribution in [2.24, 2.45) is 40.4 Å². The summed E-state index contributed by atoms with van der Waals surface area (Å²) in [5.74, 6) is 2.23. The minimum absolute atomic E-state index is 0.105. The molecule has 4 rings (SSSR count). The van der Waals surface area contributed by atoms with Crippen LogP contribution in [0.1, 0.15) is 78.6 Å². The molecular weight excluding hydrogens is 392 g/mol. The molecule has 1 N–H and O–H groups in total. The van der Waals surface area contributed by atoms with Crippen LogP contribution in [0.3, 0.4) is 0 Å². The molecule has 0 spiro atoms. The first-order valence-corrected chi connectivity index (χ1v) is 12.3. The van der Waals surface area contributed by atoms with Gasteiger partial charge in [-0.2, -0.15) is 0 Å². The Morgan fingerprint density at radius 2 is 2.00 bits per heavy atom. The van der Waals surface area contributed by atoms with Gasteiger partial charge in [-0.1, -0.05) is 26.3 Å². The van der Waals surface area contributed by atoms with Crippen molar-refractivity contribution in [3.8, 4) is 0 Å². The van der Waals surface area contributed by atoms with E-state index in [0.29, 0.717) is 42.8 Å². The van der Waals surface area contributed by atoms with Crippen LogP contribution in [-0.4, -0.2) is 36.9 Å². The minimum atomic E-state index is -0.686. The van der Waals surface area contributed by atoms with Crippen molar-refractivity contribution in [1.29, 1.82) is 0 Å². The van der Waals surface area contributed by atoms with E-state index < -0.39 is 5.97 Å². The van der Waals surface area contributed by atoms with Gasteiger partial charge in [0.2, 0.25) is 0 Å². The minimum Gasteiger partial charge on any atom is -0.481 e. The van der Waals surface area contributed by atoms with E-state index in [9.17, 15) is 14.7 Å². The van der Waals surface area contributed by atoms with E-state index in [1.54, 1.807) is 7.11 Å². The molecule has 0 aromatic rings. The number of ketones is 1. The second kappa shape index (κ2) is 8.62. The van der Waals surface area contributed by atoms with Crippen molar-refractivity contribution in [2.45, 2.75) is 84.7 Å². The summed E-state index contributed by atoms with van der Waals surface area (Å²) in [5, 5.41) is 9.17. The van der Waals surface area contributed by atoms with Crippen LogP contribution >= 0.6 is 0 Å². The van der Waals surface area contributed by atoms with Crippen molar-refractivity contribution in [1.82, 2.24) is 0 Å². The third kappa shape index (κ3) is 3.90. The number of hydrogen-bond acceptors (Lipinski definition) is 4. The Labute approximate surface area is 186 Å². The van der Waals surface area contributed by atoms with Gasteiger partial charge in [0.15, 0.2) is 5.78 Å². The van der Waals surface area contributed by atoms with Crippen LogP contribution in [0.5, 0.6) is 0 Å². The first-order valence-electron chi connectivity index (χ1n) is 12.3. The van der Waals surface area contributed by atoms with Gasteiger partial charge in [0.1, 0.15) is 6.79 Å². The quantitative estimate of drug-likeness (QED) is 0.557. The summed E-state index contributed by atoms with van der Waals surface area (Å²) < 4.78 is 11.6. The second-order valence-corrected chi connectivity index (χ2v) is 11.3. The van der Waals surface area contributed by atoms with Gasteiger partial charge in [-0.05, 0) is 91.4 Å². The molecule has 0 aliphatic heterocycles. The van der Waals surface area contributed by atoms with Gasteiger partial charge >= 0.3 is 5.97 Å². The topological polar surface area (TPSA) is 72.8 Å². The molecule has 3 saturated carbocycles. The van der Waals surface area contributed by atoms with Crippen molar-refractivity contribution in [3.63, 3.8) is 0 Å². The fourth-order valence-corrected chi connectivity index (χ4v) is 8.35. The number of methoxy groups -OCH3 is 1. The van der Waals surface area contributed by atoms with E-state index in [0.717, 1.165) is 19.3 Å². The number of ether oxygens (including phenoxy) is 2. The zero-order valence-electron chi connectivity index (χ0n) is 19.7. The van der Waals surface area contributed by atoms with Crippen molar-refractivity contribution in [3.05, 3.63) is 11.6 Å². The predicted octanol–water partition coefficient (Wildman–Crippen LogP) is 5.23. The van der Waals surface area contributed by atoms with Crippen molar-refractivity contribution < 1.29 is 24.2 Å². The van der Waals surface area contributed by atoms with E-state index in [1.165, 1.54) is 31.3 Å². The van der Waals surface area contributed by atoms with Crippen LogP contribution in [0.4, 0.5) is 0 Å². The molecule has 0 aromatic carbocycles. The highest BCUT2D eigenvalue weighted by Crippen LogP contribution is 2.68. The molecule has 0 amide bonds. The Kier molecular flexibility index (Phi) is 6.39. The number of carbonyl (C=O) groups is 2. The van der Waals surface area contributed by atoms with Gasteiger partial charge in [-0.3, -0.25) is 9.59 Å². The third-order valence-electron chi connectivity index (χ3n) is 9.93. The number of fused-ring (bicyclic) bond motifs is 5. The van der Waals surface area contributed by atoms with Gasteiger partial charge in [-0.15, -0.1) is 0 Å². The summed E-state index contributed by atoms with van der Waals surface area (Å²) in [6.45, 7) is 7.45. The summed E-state index contributed by atoms with van der Waals surface area (Å²) in [5.41, 5.74) is 1.66. The van der Waals surface area contributed by atoms with Gasteiger partial charge < -0.3 is 14.6 Å². The highest BCUT2D eigenvalue weighted by molar-refractivity contribution is 5.91. The van der Waals surface area contributed by atoms with Gasteiger partial charge in [0.25, 0.3) is 0 Å². The zero-order valence-corrected chi connectivity index (χ0v) is 19.7. The summed E-state index contributed by atoms with van der Waals surface area (Å²) in [4.78, 5) is 23.4. The van der Waals surface area contributed by atoms with Crippen LogP contribution in [0, 0.1) is 40.4 Å². The van der Waals surface area contributed by atoms with E-state index in [-0.39, 0.29) is 29.1 Å². The van der Waals surface area contributed by atoms with Gasteiger partial charge in [-0.25, -0.2) is 0 Å². The lowest BCUT2D eigenvalue weighted by atomic mass is 9.45. The summed E-state index contributed by atoms with van der Waals surface area (Å²) in [7, 11) is 1.68.